The third-order valence-electron chi connectivity index (χ3n) is 6.99. The van der Waals surface area contributed by atoms with E-state index in [1.54, 1.807) is 30.3 Å². The van der Waals surface area contributed by atoms with Crippen LogP contribution < -0.4 is 10.6 Å². The Labute approximate surface area is 260 Å². The first-order valence-corrected chi connectivity index (χ1v) is 16.2. The SMILES string of the molecule is CS(=O)(=O)OC(Cc1nn[nH]n1)c1ccc(C(NC(=O)Nc2cc(Cl)cc(Cl)c2)c2ccc(C3=CCCCC3)cc2)cc1. The molecule has 0 saturated heterocycles. The predicted octanol–water partition coefficient (Wildman–Crippen LogP) is 6.64. The molecule has 224 valence electrons. The van der Waals surface area contributed by atoms with Crippen LogP contribution in [0.2, 0.25) is 10.0 Å². The number of H-pyrrole nitrogens is 1. The normalized spacial score (nSPS) is 14.9. The molecular weight excluding hydrogens is 611 g/mol. The molecule has 0 aliphatic heterocycles. The third kappa shape index (κ3) is 8.64. The number of nitrogens with zero attached hydrogens (tertiary/aromatic N) is 3. The van der Waals surface area contributed by atoms with Crippen molar-refractivity contribution in [3.8, 4) is 0 Å². The van der Waals surface area contributed by atoms with Crippen LogP contribution in [0.4, 0.5) is 10.5 Å². The van der Waals surface area contributed by atoms with Crippen LogP contribution in [0.15, 0.2) is 72.8 Å². The molecule has 1 aliphatic rings. The molecule has 3 N–H and O–H groups in total. The molecule has 10 nitrogen and oxygen atoms in total. The number of benzene rings is 3. The second kappa shape index (κ2) is 13.7. The Morgan fingerprint density at radius 1 is 0.977 bits per heavy atom. The highest BCUT2D eigenvalue weighted by molar-refractivity contribution is 7.86. The second-order valence-corrected chi connectivity index (χ2v) is 12.7. The number of aromatic nitrogens is 4. The Morgan fingerprint density at radius 3 is 2.21 bits per heavy atom. The van der Waals surface area contributed by atoms with Gasteiger partial charge in [-0.25, -0.2) is 4.79 Å². The standard InChI is InChI=1S/C30H30Cl2N6O4S/c1-43(40,41)42-27(18-28-35-37-38-36-28)21-9-13-23(14-10-21)29(34-30(39)33-26-16-24(31)15-25(32)17-26)22-11-7-20(8-12-22)19-5-3-2-4-6-19/h5,7-17,27,29H,2-4,6,18H2,1H3,(H2,33,34,39)(H,35,36,37,38). The highest BCUT2D eigenvalue weighted by atomic mass is 35.5. The number of hydrogen-bond donors (Lipinski definition) is 3. The molecule has 4 aromatic rings. The molecule has 1 aromatic heterocycles. The first kappa shape index (κ1) is 30.7. The highest BCUT2D eigenvalue weighted by Crippen LogP contribution is 2.31. The van der Waals surface area contributed by atoms with E-state index in [2.05, 4.69) is 49.5 Å². The number of urea groups is 1. The van der Waals surface area contributed by atoms with E-state index in [-0.39, 0.29) is 6.42 Å². The summed E-state index contributed by atoms with van der Waals surface area (Å²) in [7, 11) is -3.78. The molecule has 2 atom stereocenters. The minimum Gasteiger partial charge on any atom is -0.327 e. The summed E-state index contributed by atoms with van der Waals surface area (Å²) in [5.74, 6) is 0.309. The van der Waals surface area contributed by atoms with E-state index < -0.39 is 28.3 Å². The molecule has 1 heterocycles. The lowest BCUT2D eigenvalue weighted by Gasteiger charge is -2.22. The quantitative estimate of drug-likeness (QED) is 0.165. The number of nitrogens with one attached hydrogen (secondary N) is 3. The van der Waals surface area contributed by atoms with Crippen molar-refractivity contribution in [3.63, 3.8) is 0 Å². The fourth-order valence-corrected chi connectivity index (χ4v) is 6.16. The topological polar surface area (TPSA) is 139 Å². The summed E-state index contributed by atoms with van der Waals surface area (Å²) in [6, 6.07) is 19.1. The van der Waals surface area contributed by atoms with Crippen molar-refractivity contribution in [1.82, 2.24) is 25.9 Å². The van der Waals surface area contributed by atoms with Crippen LogP contribution in [0.25, 0.3) is 5.57 Å². The second-order valence-electron chi connectivity index (χ2n) is 10.3. The van der Waals surface area contributed by atoms with Crippen molar-refractivity contribution in [3.05, 3.63) is 111 Å². The van der Waals surface area contributed by atoms with Crippen LogP contribution in [0.5, 0.6) is 0 Å². The monoisotopic (exact) mass is 640 g/mol. The molecule has 43 heavy (non-hydrogen) atoms. The van der Waals surface area contributed by atoms with E-state index >= 15 is 0 Å². The van der Waals surface area contributed by atoms with E-state index in [4.69, 9.17) is 27.4 Å². The summed E-state index contributed by atoms with van der Waals surface area (Å²) in [6.07, 6.45) is 7.02. The van der Waals surface area contributed by atoms with Gasteiger partial charge in [0.1, 0.15) is 6.10 Å². The van der Waals surface area contributed by atoms with Gasteiger partial charge in [0.15, 0.2) is 5.82 Å². The van der Waals surface area contributed by atoms with Crippen molar-refractivity contribution in [1.29, 1.82) is 0 Å². The number of allylic oxidation sites excluding steroid dienone is 2. The molecule has 2 unspecified atom stereocenters. The molecule has 1 aliphatic carbocycles. The number of carbonyl (C=O) groups is 1. The number of rotatable bonds is 10. The Bertz CT molecular complexity index is 1680. The zero-order valence-corrected chi connectivity index (χ0v) is 25.6. The van der Waals surface area contributed by atoms with E-state index in [0.29, 0.717) is 27.1 Å². The fraction of sp³-hybridized carbons (Fsp3) is 0.267. The summed E-state index contributed by atoms with van der Waals surface area (Å²) < 4.78 is 29.3. The molecule has 3 aromatic carbocycles. The Balaban J connectivity index is 1.43. The lowest BCUT2D eigenvalue weighted by atomic mass is 9.91. The van der Waals surface area contributed by atoms with Gasteiger partial charge >= 0.3 is 6.03 Å². The minimum atomic E-state index is -3.78. The van der Waals surface area contributed by atoms with Gasteiger partial charge in [-0.15, -0.1) is 10.2 Å². The highest BCUT2D eigenvalue weighted by Gasteiger charge is 2.23. The molecular formula is C30H30Cl2N6O4S. The van der Waals surface area contributed by atoms with Crippen molar-refractivity contribution in [2.45, 2.75) is 44.2 Å². The number of aromatic amines is 1. The van der Waals surface area contributed by atoms with Gasteiger partial charge in [0, 0.05) is 22.2 Å². The smallest absolute Gasteiger partial charge is 0.319 e. The van der Waals surface area contributed by atoms with Crippen molar-refractivity contribution in [2.24, 2.45) is 0 Å². The van der Waals surface area contributed by atoms with Crippen LogP contribution >= 0.6 is 23.2 Å². The lowest BCUT2D eigenvalue weighted by molar-refractivity contribution is 0.213. The van der Waals surface area contributed by atoms with E-state index in [0.717, 1.165) is 35.8 Å². The van der Waals surface area contributed by atoms with Crippen LogP contribution in [-0.2, 0) is 20.7 Å². The van der Waals surface area contributed by atoms with Gasteiger partial charge in [0.2, 0.25) is 0 Å². The molecule has 0 saturated carbocycles. The molecule has 0 bridgehead atoms. The van der Waals surface area contributed by atoms with Gasteiger partial charge in [-0.3, -0.25) is 4.18 Å². The number of hydrogen-bond acceptors (Lipinski definition) is 7. The Morgan fingerprint density at radius 2 is 1.63 bits per heavy atom. The summed E-state index contributed by atoms with van der Waals surface area (Å²) in [4.78, 5) is 13.2. The predicted molar refractivity (Wildman–Crippen MR) is 166 cm³/mol. The average Bonchev–Trinajstić information content (AvgIpc) is 3.48. The number of carbonyl (C=O) groups excluding carboxylic acids is 1. The van der Waals surface area contributed by atoms with Crippen molar-refractivity contribution < 1.29 is 17.4 Å². The van der Waals surface area contributed by atoms with E-state index in [1.165, 1.54) is 18.4 Å². The third-order valence-corrected chi connectivity index (χ3v) is 8.01. The minimum absolute atomic E-state index is 0.0898. The van der Waals surface area contributed by atoms with Gasteiger partial charge in [-0.05, 0) is 71.7 Å². The fourth-order valence-electron chi connectivity index (χ4n) is 5.03. The van der Waals surface area contributed by atoms with Gasteiger partial charge in [-0.2, -0.15) is 13.6 Å². The first-order valence-electron chi connectivity index (χ1n) is 13.7. The lowest BCUT2D eigenvalue weighted by Crippen LogP contribution is -2.33. The van der Waals surface area contributed by atoms with Gasteiger partial charge in [0.05, 0.1) is 12.3 Å². The zero-order chi connectivity index (χ0) is 30.4. The van der Waals surface area contributed by atoms with Crippen LogP contribution in [0.3, 0.4) is 0 Å². The summed E-state index contributed by atoms with van der Waals surface area (Å²) in [5.41, 5.74) is 5.17. The zero-order valence-electron chi connectivity index (χ0n) is 23.3. The van der Waals surface area contributed by atoms with Gasteiger partial charge < -0.3 is 10.6 Å². The molecule has 0 spiro atoms. The van der Waals surface area contributed by atoms with Crippen molar-refractivity contribution >= 4 is 50.6 Å². The van der Waals surface area contributed by atoms with Crippen LogP contribution in [-0.4, -0.2) is 41.3 Å². The molecule has 2 amide bonds. The number of amides is 2. The molecule has 13 heteroatoms. The maximum absolute atomic E-state index is 13.2. The maximum atomic E-state index is 13.2. The van der Waals surface area contributed by atoms with Gasteiger partial charge in [-0.1, -0.05) is 83.0 Å². The summed E-state index contributed by atoms with van der Waals surface area (Å²) >= 11 is 12.2. The van der Waals surface area contributed by atoms with Gasteiger partial charge in [0.25, 0.3) is 10.1 Å². The Hall–Kier alpha value is -3.77. The largest absolute Gasteiger partial charge is 0.327 e. The summed E-state index contributed by atoms with van der Waals surface area (Å²) in [6.45, 7) is 0. The first-order chi connectivity index (χ1) is 20.6. The van der Waals surface area contributed by atoms with Crippen LogP contribution in [0, 0.1) is 0 Å². The van der Waals surface area contributed by atoms with Crippen molar-refractivity contribution in [2.75, 3.05) is 11.6 Å². The number of anilines is 1. The summed E-state index contributed by atoms with van der Waals surface area (Å²) in [5, 5.41) is 20.4. The number of halogens is 2. The molecule has 5 rings (SSSR count). The van der Waals surface area contributed by atoms with Crippen LogP contribution in [0.1, 0.15) is 65.9 Å². The van der Waals surface area contributed by atoms with E-state index in [9.17, 15) is 13.2 Å². The Kier molecular flexibility index (Phi) is 9.76. The molecule has 0 fully saturated rings. The van der Waals surface area contributed by atoms with E-state index in [1.807, 2.05) is 24.3 Å². The number of tetrazole rings is 1. The molecule has 0 radical (unpaired) electrons. The maximum Gasteiger partial charge on any atom is 0.319 e. The average molecular weight is 642 g/mol.